The van der Waals surface area contributed by atoms with Crippen LogP contribution in [0.2, 0.25) is 0 Å². The fourth-order valence-corrected chi connectivity index (χ4v) is 1.54. The van der Waals surface area contributed by atoms with Gasteiger partial charge in [0.05, 0.1) is 25.2 Å². The van der Waals surface area contributed by atoms with Gasteiger partial charge in [0.25, 0.3) is 0 Å². The molecule has 0 fully saturated rings. The molecule has 2 aliphatic heterocycles. The van der Waals surface area contributed by atoms with E-state index in [9.17, 15) is 0 Å². The summed E-state index contributed by atoms with van der Waals surface area (Å²) in [6.45, 7) is 6.79. The van der Waals surface area contributed by atoms with Crippen LogP contribution in [-0.4, -0.2) is 50.2 Å². The van der Waals surface area contributed by atoms with E-state index < -0.39 is 0 Å². The monoisotopic (exact) mass is 211 g/mol. The van der Waals surface area contributed by atoms with Crippen molar-refractivity contribution in [1.29, 1.82) is 0 Å². The van der Waals surface area contributed by atoms with E-state index in [-0.39, 0.29) is 0 Å². The minimum absolute atomic E-state index is 0.293. The maximum atomic E-state index is 5.36. The van der Waals surface area contributed by atoms with Gasteiger partial charge in [-0.2, -0.15) is 0 Å². The fourth-order valence-electron chi connectivity index (χ4n) is 1.54. The Kier molecular flexibility index (Phi) is 3.20. The molecule has 2 heterocycles. The lowest BCUT2D eigenvalue weighted by Gasteiger charge is -2.04. The Morgan fingerprint density at radius 3 is 1.87 bits per heavy atom. The van der Waals surface area contributed by atoms with Gasteiger partial charge in [-0.15, -0.1) is 0 Å². The summed E-state index contributed by atoms with van der Waals surface area (Å²) in [6.07, 6.45) is 0. The van der Waals surface area contributed by atoms with Gasteiger partial charge in [-0.25, -0.2) is 9.98 Å². The van der Waals surface area contributed by atoms with Crippen molar-refractivity contribution in [2.45, 2.75) is 25.9 Å². The highest BCUT2D eigenvalue weighted by molar-refractivity contribution is 5.82. The van der Waals surface area contributed by atoms with Gasteiger partial charge in [0.1, 0.15) is 13.2 Å². The summed E-state index contributed by atoms with van der Waals surface area (Å²) in [6, 6.07) is 0.587. The van der Waals surface area contributed by atoms with Gasteiger partial charge in [0.15, 0.2) is 11.8 Å². The van der Waals surface area contributed by atoms with Gasteiger partial charge < -0.3 is 14.8 Å². The Bertz CT molecular complexity index is 260. The van der Waals surface area contributed by atoms with Crippen LogP contribution in [0.3, 0.4) is 0 Å². The van der Waals surface area contributed by atoms with E-state index >= 15 is 0 Å². The van der Waals surface area contributed by atoms with Gasteiger partial charge in [-0.3, -0.25) is 0 Å². The minimum Gasteiger partial charge on any atom is -0.478 e. The highest BCUT2D eigenvalue weighted by Crippen LogP contribution is 2.03. The molecule has 5 nitrogen and oxygen atoms in total. The van der Waals surface area contributed by atoms with E-state index in [1.54, 1.807) is 0 Å². The lowest BCUT2D eigenvalue weighted by atomic mass is 10.4. The Labute approximate surface area is 89.6 Å². The molecule has 0 aromatic carbocycles. The molecule has 2 aliphatic rings. The summed E-state index contributed by atoms with van der Waals surface area (Å²) >= 11 is 0. The van der Waals surface area contributed by atoms with E-state index in [1.165, 1.54) is 0 Å². The Balaban J connectivity index is 1.67. The molecule has 0 aromatic rings. The first-order valence-corrected chi connectivity index (χ1v) is 5.33. The quantitative estimate of drug-likeness (QED) is 0.723. The van der Waals surface area contributed by atoms with Crippen LogP contribution < -0.4 is 5.32 Å². The molecule has 2 rings (SSSR count). The van der Waals surface area contributed by atoms with Crippen LogP contribution in [0.4, 0.5) is 0 Å². The van der Waals surface area contributed by atoms with Crippen LogP contribution in [0.1, 0.15) is 13.8 Å². The van der Waals surface area contributed by atoms with Crippen molar-refractivity contribution >= 4 is 11.8 Å². The molecule has 1 N–H and O–H groups in total. The zero-order valence-electron chi connectivity index (χ0n) is 9.19. The van der Waals surface area contributed by atoms with Crippen molar-refractivity contribution < 1.29 is 9.47 Å². The second kappa shape index (κ2) is 4.61. The lowest BCUT2D eigenvalue weighted by Crippen LogP contribution is -2.28. The van der Waals surface area contributed by atoms with Crippen LogP contribution in [-0.2, 0) is 9.47 Å². The topological polar surface area (TPSA) is 55.2 Å². The molecule has 0 radical (unpaired) electrons. The van der Waals surface area contributed by atoms with Crippen LogP contribution in [0.5, 0.6) is 0 Å². The number of nitrogens with one attached hydrogen (secondary N) is 1. The van der Waals surface area contributed by atoms with Crippen LogP contribution in [0, 0.1) is 0 Å². The zero-order chi connectivity index (χ0) is 10.7. The molecule has 5 heteroatoms. The molecule has 15 heavy (non-hydrogen) atoms. The summed E-state index contributed by atoms with van der Waals surface area (Å²) in [5.41, 5.74) is 0. The van der Waals surface area contributed by atoms with Crippen molar-refractivity contribution in [2.75, 3.05) is 26.3 Å². The Morgan fingerprint density at radius 2 is 1.53 bits per heavy atom. The summed E-state index contributed by atoms with van der Waals surface area (Å²) in [7, 11) is 0. The van der Waals surface area contributed by atoms with Crippen LogP contribution in [0.25, 0.3) is 0 Å². The molecule has 0 amide bonds. The molecular formula is C10H17N3O2. The first kappa shape index (κ1) is 10.4. The molecule has 84 valence electrons. The van der Waals surface area contributed by atoms with E-state index in [0.717, 1.165) is 11.8 Å². The van der Waals surface area contributed by atoms with Crippen LogP contribution in [0.15, 0.2) is 9.98 Å². The summed E-state index contributed by atoms with van der Waals surface area (Å²) < 4.78 is 10.7. The highest BCUT2D eigenvalue weighted by atomic mass is 16.5. The smallest absolute Gasteiger partial charge is 0.198 e. The van der Waals surface area contributed by atoms with Gasteiger partial charge in [0.2, 0.25) is 0 Å². The number of nitrogens with zero attached hydrogens (tertiary/aromatic N) is 2. The average molecular weight is 211 g/mol. The highest BCUT2D eigenvalue weighted by Gasteiger charge is 2.16. The third-order valence-electron chi connectivity index (χ3n) is 2.26. The van der Waals surface area contributed by atoms with E-state index in [1.807, 2.05) is 13.8 Å². The fraction of sp³-hybridized carbons (Fsp3) is 0.800. The molecule has 0 aromatic heterocycles. The first-order chi connectivity index (χ1) is 7.24. The van der Waals surface area contributed by atoms with E-state index in [0.29, 0.717) is 38.4 Å². The first-order valence-electron chi connectivity index (χ1n) is 5.33. The third kappa shape index (κ3) is 2.92. The van der Waals surface area contributed by atoms with Crippen molar-refractivity contribution in [3.05, 3.63) is 0 Å². The normalized spacial score (nSPS) is 29.5. The number of rotatable bonds is 4. The molecule has 0 aliphatic carbocycles. The van der Waals surface area contributed by atoms with Gasteiger partial charge >= 0.3 is 0 Å². The van der Waals surface area contributed by atoms with E-state index in [4.69, 9.17) is 9.47 Å². The SMILES string of the molecule is C[C@@H]1COC(CNCC2=N[C@@H](C)CO2)=N1. The number of ether oxygens (including phenoxy) is 2. The summed E-state index contributed by atoms with van der Waals surface area (Å²) in [4.78, 5) is 8.64. The second-order valence-electron chi connectivity index (χ2n) is 3.97. The second-order valence-corrected chi connectivity index (χ2v) is 3.97. The number of hydrogen-bond acceptors (Lipinski definition) is 5. The number of aliphatic imine (C=N–C) groups is 2. The van der Waals surface area contributed by atoms with Crippen molar-refractivity contribution in [1.82, 2.24) is 5.32 Å². The van der Waals surface area contributed by atoms with Crippen molar-refractivity contribution in [3.63, 3.8) is 0 Å². The molecular weight excluding hydrogens is 194 g/mol. The molecule has 0 saturated heterocycles. The molecule has 0 bridgehead atoms. The van der Waals surface area contributed by atoms with E-state index in [2.05, 4.69) is 15.3 Å². The van der Waals surface area contributed by atoms with Crippen LogP contribution >= 0.6 is 0 Å². The predicted octanol–water partition coefficient (Wildman–Crippen LogP) is 0.210. The van der Waals surface area contributed by atoms with Gasteiger partial charge in [-0.05, 0) is 13.8 Å². The summed E-state index contributed by atoms with van der Waals surface area (Å²) in [5.74, 6) is 1.57. The average Bonchev–Trinajstić information content (AvgIpc) is 2.76. The largest absolute Gasteiger partial charge is 0.478 e. The summed E-state index contributed by atoms with van der Waals surface area (Å²) in [5, 5.41) is 3.20. The van der Waals surface area contributed by atoms with Gasteiger partial charge in [0, 0.05) is 0 Å². The predicted molar refractivity (Wildman–Crippen MR) is 58.6 cm³/mol. The Morgan fingerprint density at radius 1 is 1.07 bits per heavy atom. The molecule has 2 atom stereocenters. The molecule has 0 saturated carbocycles. The maximum Gasteiger partial charge on any atom is 0.198 e. The maximum absolute atomic E-state index is 5.36. The van der Waals surface area contributed by atoms with Crippen molar-refractivity contribution in [2.24, 2.45) is 9.98 Å². The molecule has 0 spiro atoms. The zero-order valence-corrected chi connectivity index (χ0v) is 9.19. The van der Waals surface area contributed by atoms with Crippen molar-refractivity contribution in [3.8, 4) is 0 Å². The lowest BCUT2D eigenvalue weighted by molar-refractivity contribution is 0.311. The molecule has 0 unspecified atom stereocenters. The Hall–Kier alpha value is -1.10. The third-order valence-corrected chi connectivity index (χ3v) is 2.26. The number of hydrogen-bond donors (Lipinski definition) is 1. The standard InChI is InChI=1S/C10H17N3O2/c1-7-5-14-9(12-7)3-11-4-10-13-8(2)6-15-10/h7-8,11H,3-6H2,1-2H3/t7-,8+. The minimum atomic E-state index is 0.293. The van der Waals surface area contributed by atoms with Gasteiger partial charge in [-0.1, -0.05) is 0 Å².